The van der Waals surface area contributed by atoms with E-state index in [9.17, 15) is 8.42 Å². The van der Waals surface area contributed by atoms with E-state index in [1.807, 2.05) is 0 Å². The lowest BCUT2D eigenvalue weighted by molar-refractivity contribution is 0.166. The molecule has 5 nitrogen and oxygen atoms in total. The van der Waals surface area contributed by atoms with Crippen LogP contribution in [0, 0.1) is 0 Å². The van der Waals surface area contributed by atoms with E-state index >= 15 is 0 Å². The van der Waals surface area contributed by atoms with Crippen LogP contribution in [0.15, 0.2) is 39.2 Å². The van der Waals surface area contributed by atoms with Gasteiger partial charge in [0.25, 0.3) is 10.0 Å². The molecule has 2 aromatic rings. The second-order valence-corrected chi connectivity index (χ2v) is 7.36. The molecule has 0 aromatic carbocycles. The van der Waals surface area contributed by atoms with Crippen LogP contribution >= 0.6 is 22.9 Å². The fourth-order valence-corrected chi connectivity index (χ4v) is 4.21. The van der Waals surface area contributed by atoms with Crippen LogP contribution in [0.3, 0.4) is 0 Å². The maximum absolute atomic E-state index is 12.2. The van der Waals surface area contributed by atoms with Gasteiger partial charge < -0.3 is 9.15 Å². The van der Waals surface area contributed by atoms with E-state index in [1.54, 1.807) is 18.2 Å². The summed E-state index contributed by atoms with van der Waals surface area (Å²) in [6.07, 6.45) is 1.48. The van der Waals surface area contributed by atoms with Crippen LogP contribution in [0.4, 0.5) is 0 Å². The fraction of sp³-hybridized carbons (Fsp3) is 0.273. The molecule has 0 aliphatic rings. The maximum Gasteiger partial charge on any atom is 0.250 e. The van der Waals surface area contributed by atoms with Gasteiger partial charge in [0.2, 0.25) is 0 Å². The first kappa shape index (κ1) is 14.5. The van der Waals surface area contributed by atoms with Gasteiger partial charge in [-0.05, 0) is 24.3 Å². The highest BCUT2D eigenvalue weighted by molar-refractivity contribution is 7.91. The highest BCUT2D eigenvalue weighted by atomic mass is 35.5. The van der Waals surface area contributed by atoms with Crippen LogP contribution in [-0.4, -0.2) is 22.1 Å². The molecule has 0 aliphatic carbocycles. The molecule has 0 saturated carbocycles. The van der Waals surface area contributed by atoms with Crippen molar-refractivity contribution in [1.29, 1.82) is 0 Å². The van der Waals surface area contributed by atoms with Gasteiger partial charge in [-0.3, -0.25) is 0 Å². The van der Waals surface area contributed by atoms with Gasteiger partial charge in [0.15, 0.2) is 0 Å². The van der Waals surface area contributed by atoms with Crippen LogP contribution in [0.25, 0.3) is 0 Å². The summed E-state index contributed by atoms with van der Waals surface area (Å²) in [5, 5.41) is 0. The average Bonchev–Trinajstić information content (AvgIpc) is 2.98. The van der Waals surface area contributed by atoms with Crippen LogP contribution < -0.4 is 4.72 Å². The number of ether oxygens (including phenoxy) is 1. The molecule has 0 spiro atoms. The molecule has 8 heteroatoms. The van der Waals surface area contributed by atoms with Gasteiger partial charge in [-0.1, -0.05) is 11.6 Å². The van der Waals surface area contributed by atoms with Crippen molar-refractivity contribution in [2.45, 2.75) is 10.3 Å². The summed E-state index contributed by atoms with van der Waals surface area (Å²) in [5.74, 6) is 0.494. The van der Waals surface area contributed by atoms with Crippen LogP contribution in [0.2, 0.25) is 4.34 Å². The molecule has 0 amide bonds. The minimum absolute atomic E-state index is 0.158. The molecule has 0 saturated heterocycles. The van der Waals surface area contributed by atoms with Crippen molar-refractivity contribution >= 4 is 33.0 Å². The van der Waals surface area contributed by atoms with Gasteiger partial charge in [0, 0.05) is 7.11 Å². The van der Waals surface area contributed by atoms with Crippen molar-refractivity contribution in [1.82, 2.24) is 4.72 Å². The third kappa shape index (κ3) is 3.58. The topological polar surface area (TPSA) is 68.5 Å². The van der Waals surface area contributed by atoms with E-state index in [0.717, 1.165) is 11.3 Å². The van der Waals surface area contributed by atoms with Crippen molar-refractivity contribution in [3.05, 3.63) is 40.6 Å². The molecule has 0 fully saturated rings. The van der Waals surface area contributed by atoms with Gasteiger partial charge in [-0.15, -0.1) is 11.3 Å². The Bertz CT molecular complexity index is 621. The Kier molecular flexibility index (Phi) is 4.64. The van der Waals surface area contributed by atoms with Crippen LogP contribution in [-0.2, 0) is 14.8 Å². The largest absolute Gasteiger partial charge is 0.468 e. The second kappa shape index (κ2) is 6.06. The molecule has 1 atom stereocenters. The number of halogens is 1. The third-order valence-electron chi connectivity index (χ3n) is 2.33. The number of hydrogen-bond acceptors (Lipinski definition) is 5. The van der Waals surface area contributed by atoms with E-state index in [1.165, 1.54) is 19.4 Å². The smallest absolute Gasteiger partial charge is 0.250 e. The monoisotopic (exact) mass is 321 g/mol. The normalized spacial score (nSPS) is 13.6. The van der Waals surface area contributed by atoms with E-state index < -0.39 is 16.1 Å². The minimum atomic E-state index is -3.64. The Morgan fingerprint density at radius 1 is 1.47 bits per heavy atom. The summed E-state index contributed by atoms with van der Waals surface area (Å²) in [4.78, 5) is 0. The van der Waals surface area contributed by atoms with Gasteiger partial charge in [-0.2, -0.15) is 4.72 Å². The van der Waals surface area contributed by atoms with Crippen molar-refractivity contribution in [2.24, 2.45) is 0 Å². The van der Waals surface area contributed by atoms with Crippen molar-refractivity contribution in [2.75, 3.05) is 13.7 Å². The molecule has 1 N–H and O–H groups in total. The highest BCUT2D eigenvalue weighted by Crippen LogP contribution is 2.27. The molecule has 104 valence electrons. The quantitative estimate of drug-likeness (QED) is 0.888. The number of nitrogens with one attached hydrogen (secondary N) is 1. The number of methoxy groups -OCH3 is 1. The van der Waals surface area contributed by atoms with Gasteiger partial charge in [-0.25, -0.2) is 8.42 Å². The summed E-state index contributed by atoms with van der Waals surface area (Å²) < 4.78 is 37.7. The Morgan fingerprint density at radius 2 is 2.26 bits per heavy atom. The minimum Gasteiger partial charge on any atom is -0.468 e. The molecule has 0 bridgehead atoms. The summed E-state index contributed by atoms with van der Waals surface area (Å²) in [7, 11) is -2.15. The molecular formula is C11H12ClNO4S2. The lowest BCUT2D eigenvalue weighted by atomic mass is 10.2. The zero-order valence-corrected chi connectivity index (χ0v) is 12.4. The average molecular weight is 322 g/mol. The van der Waals surface area contributed by atoms with E-state index in [0.29, 0.717) is 10.1 Å². The number of furan rings is 1. The SMILES string of the molecule is COCC(NS(=O)(=O)c1ccc(Cl)s1)c1ccco1. The molecule has 1 unspecified atom stereocenters. The molecule has 19 heavy (non-hydrogen) atoms. The predicted octanol–water partition coefficient (Wildman–Crippen LogP) is 2.66. The fourth-order valence-electron chi connectivity index (χ4n) is 1.52. The van der Waals surface area contributed by atoms with Crippen molar-refractivity contribution in [3.8, 4) is 0 Å². The number of hydrogen-bond donors (Lipinski definition) is 1. The highest BCUT2D eigenvalue weighted by Gasteiger charge is 2.24. The first-order chi connectivity index (χ1) is 9.03. The Balaban J connectivity index is 2.21. The second-order valence-electron chi connectivity index (χ2n) is 3.70. The van der Waals surface area contributed by atoms with Crippen LogP contribution in [0.5, 0.6) is 0 Å². The first-order valence-electron chi connectivity index (χ1n) is 5.33. The number of sulfonamides is 1. The standard InChI is InChI=1S/C11H12ClNO4S2/c1-16-7-8(9-3-2-6-17-9)13-19(14,15)11-5-4-10(12)18-11/h2-6,8,13H,7H2,1H3. The molecule has 0 radical (unpaired) electrons. The Morgan fingerprint density at radius 3 is 2.79 bits per heavy atom. The first-order valence-corrected chi connectivity index (χ1v) is 8.00. The lowest BCUT2D eigenvalue weighted by Crippen LogP contribution is -2.30. The summed E-state index contributed by atoms with van der Waals surface area (Å²) in [6, 6.07) is 5.80. The summed E-state index contributed by atoms with van der Waals surface area (Å²) in [6.45, 7) is 0.172. The zero-order chi connectivity index (χ0) is 13.9. The van der Waals surface area contributed by atoms with Gasteiger partial charge in [0.05, 0.1) is 17.2 Å². The van der Waals surface area contributed by atoms with E-state index in [2.05, 4.69) is 4.72 Å². The number of thiophene rings is 1. The third-order valence-corrected chi connectivity index (χ3v) is 5.53. The molecular weight excluding hydrogens is 310 g/mol. The lowest BCUT2D eigenvalue weighted by Gasteiger charge is -2.15. The van der Waals surface area contributed by atoms with Crippen molar-refractivity contribution < 1.29 is 17.6 Å². The van der Waals surface area contributed by atoms with E-state index in [4.69, 9.17) is 20.8 Å². The summed E-state index contributed by atoms with van der Waals surface area (Å²) >= 11 is 6.74. The molecule has 2 heterocycles. The zero-order valence-electron chi connectivity index (χ0n) is 10.00. The predicted molar refractivity (Wildman–Crippen MR) is 73.0 cm³/mol. The molecule has 0 aliphatic heterocycles. The van der Waals surface area contributed by atoms with Gasteiger partial charge >= 0.3 is 0 Å². The maximum atomic E-state index is 12.2. The Labute approximate surface area is 120 Å². The van der Waals surface area contributed by atoms with E-state index in [-0.39, 0.29) is 10.8 Å². The van der Waals surface area contributed by atoms with Gasteiger partial charge in [0.1, 0.15) is 16.0 Å². The molecule has 2 rings (SSSR count). The molecule has 2 aromatic heterocycles. The Hall–Kier alpha value is -0.860. The van der Waals surface area contributed by atoms with Crippen molar-refractivity contribution in [3.63, 3.8) is 0 Å². The van der Waals surface area contributed by atoms with Crippen LogP contribution in [0.1, 0.15) is 11.8 Å². The number of rotatable bonds is 6. The summed E-state index contributed by atoms with van der Waals surface area (Å²) in [5.41, 5.74) is 0.